The van der Waals surface area contributed by atoms with Gasteiger partial charge >= 0.3 is 5.97 Å². The number of halogens is 2. The third-order valence-electron chi connectivity index (χ3n) is 5.09. The number of fused-ring (bicyclic) bond motifs is 1. The molecule has 2 aromatic rings. The minimum atomic E-state index is -0.486. The van der Waals surface area contributed by atoms with E-state index in [1.807, 2.05) is 49.9 Å². The van der Waals surface area contributed by atoms with Gasteiger partial charge in [-0.1, -0.05) is 25.1 Å². The highest BCUT2D eigenvalue weighted by molar-refractivity contribution is 5.75. The normalized spacial score (nSPS) is 12.7. The summed E-state index contributed by atoms with van der Waals surface area (Å²) in [7, 11) is 1.50. The molecule has 2 aromatic carbocycles. The van der Waals surface area contributed by atoms with Crippen molar-refractivity contribution in [3.05, 3.63) is 84.0 Å². The molecule has 0 saturated carbocycles. The molecule has 0 bridgehead atoms. The van der Waals surface area contributed by atoms with Gasteiger partial charge in [-0.3, -0.25) is 4.79 Å². The van der Waals surface area contributed by atoms with E-state index < -0.39 is 5.60 Å². The summed E-state index contributed by atoms with van der Waals surface area (Å²) in [6, 6.07) is 10.3. The highest BCUT2D eigenvalue weighted by Crippen LogP contribution is 2.32. The van der Waals surface area contributed by atoms with Crippen LogP contribution in [0.25, 0.3) is 5.57 Å². The number of rotatable bonds is 6. The predicted octanol–water partition coefficient (Wildman–Crippen LogP) is 6.78. The molecule has 0 amide bonds. The van der Waals surface area contributed by atoms with E-state index >= 15 is 0 Å². The van der Waals surface area contributed by atoms with E-state index in [-0.39, 0.29) is 17.6 Å². The monoisotopic (exact) mass is 472 g/mol. The van der Waals surface area contributed by atoms with E-state index in [0.717, 1.165) is 23.2 Å². The van der Waals surface area contributed by atoms with Gasteiger partial charge in [-0.05, 0) is 76.1 Å². The summed E-state index contributed by atoms with van der Waals surface area (Å²) in [5, 5.41) is 0. The average Bonchev–Trinajstić information content (AvgIpc) is 3.28. The molecule has 6 heteroatoms. The molecule has 0 radical (unpaired) electrons. The number of allylic oxidation sites excluding steroid dienone is 2. The summed E-state index contributed by atoms with van der Waals surface area (Å²) >= 11 is 0. The Hall–Kier alpha value is -2.99. The molecule has 0 unspecified atom stereocenters. The number of ether oxygens (including phenoxy) is 1. The number of benzene rings is 2. The van der Waals surface area contributed by atoms with Gasteiger partial charge in [0.25, 0.3) is 0 Å². The molecule has 0 saturated heterocycles. The first-order valence-electron chi connectivity index (χ1n) is 11.5. The molecule has 186 valence electrons. The standard InChI is InChI=1S/C25H29F2NO2.C2H4.CH5N/c1-5-6-17(9-14-24(29)30-25(2,3)4)18-7-10-19(11-8-18)28-15-20-21(16-28)23(27)13-12-22(20)26;2*1-2/h6-8,10-13H,5,9,14-16H2,1-4H3;1-2H2;2H2,1H3/b17-6+;;. The van der Waals surface area contributed by atoms with Crippen LogP contribution in [0.3, 0.4) is 0 Å². The molecule has 4 nitrogen and oxygen atoms in total. The Balaban J connectivity index is 0.00000137. The van der Waals surface area contributed by atoms with Crippen LogP contribution in [0.1, 0.15) is 63.6 Å². The topological polar surface area (TPSA) is 55.6 Å². The Morgan fingerprint density at radius 2 is 1.50 bits per heavy atom. The summed E-state index contributed by atoms with van der Waals surface area (Å²) in [5.74, 6) is -0.929. The molecule has 1 heterocycles. The summed E-state index contributed by atoms with van der Waals surface area (Å²) in [4.78, 5) is 14.0. The molecule has 0 aromatic heterocycles. The highest BCUT2D eigenvalue weighted by atomic mass is 19.1. The number of nitrogens with two attached hydrogens (primary N) is 1. The zero-order chi connectivity index (χ0) is 25.9. The Morgan fingerprint density at radius 1 is 1.00 bits per heavy atom. The lowest BCUT2D eigenvalue weighted by Gasteiger charge is -2.20. The van der Waals surface area contributed by atoms with Crippen LogP contribution in [0.15, 0.2) is 55.6 Å². The minimum Gasteiger partial charge on any atom is -0.460 e. The fourth-order valence-electron chi connectivity index (χ4n) is 3.72. The van der Waals surface area contributed by atoms with Crippen molar-refractivity contribution < 1.29 is 18.3 Å². The zero-order valence-corrected chi connectivity index (χ0v) is 21.1. The summed E-state index contributed by atoms with van der Waals surface area (Å²) in [5.41, 5.74) is 7.93. The fraction of sp³-hybridized carbons (Fsp3) is 0.393. The van der Waals surface area contributed by atoms with Crippen LogP contribution >= 0.6 is 0 Å². The van der Waals surface area contributed by atoms with Crippen LogP contribution in [0, 0.1) is 11.6 Å². The van der Waals surface area contributed by atoms with Crippen LogP contribution in [0.2, 0.25) is 0 Å². The first-order valence-corrected chi connectivity index (χ1v) is 11.5. The van der Waals surface area contributed by atoms with Crippen molar-refractivity contribution in [2.24, 2.45) is 5.73 Å². The Labute approximate surface area is 203 Å². The van der Waals surface area contributed by atoms with Gasteiger partial charge in [0.15, 0.2) is 0 Å². The van der Waals surface area contributed by atoms with Crippen molar-refractivity contribution in [2.45, 2.75) is 65.6 Å². The van der Waals surface area contributed by atoms with E-state index in [9.17, 15) is 13.6 Å². The molecular weight excluding hydrogens is 434 g/mol. The second kappa shape index (κ2) is 13.7. The second-order valence-corrected chi connectivity index (χ2v) is 8.61. The molecule has 3 rings (SSSR count). The third kappa shape index (κ3) is 8.10. The lowest BCUT2D eigenvalue weighted by molar-refractivity contribution is -0.154. The lowest BCUT2D eigenvalue weighted by Crippen LogP contribution is -2.23. The first kappa shape index (κ1) is 29.0. The molecule has 0 atom stereocenters. The largest absolute Gasteiger partial charge is 0.460 e. The smallest absolute Gasteiger partial charge is 0.306 e. The van der Waals surface area contributed by atoms with Crippen LogP contribution in [0.4, 0.5) is 14.5 Å². The summed E-state index contributed by atoms with van der Waals surface area (Å²) in [6.45, 7) is 14.4. The van der Waals surface area contributed by atoms with Crippen molar-refractivity contribution in [3.63, 3.8) is 0 Å². The van der Waals surface area contributed by atoms with Crippen LogP contribution in [0.5, 0.6) is 0 Å². The van der Waals surface area contributed by atoms with Crippen molar-refractivity contribution in [2.75, 3.05) is 11.9 Å². The van der Waals surface area contributed by atoms with Crippen molar-refractivity contribution in [1.82, 2.24) is 0 Å². The molecule has 2 N–H and O–H groups in total. The van der Waals surface area contributed by atoms with Crippen molar-refractivity contribution in [3.8, 4) is 0 Å². The van der Waals surface area contributed by atoms with Crippen LogP contribution in [-0.4, -0.2) is 18.6 Å². The number of esters is 1. The van der Waals surface area contributed by atoms with Gasteiger partial charge in [0.05, 0.1) is 0 Å². The summed E-state index contributed by atoms with van der Waals surface area (Å²) in [6.07, 6.45) is 3.92. The molecule has 0 fully saturated rings. The molecular formula is C28H38F2N2O2. The van der Waals surface area contributed by atoms with Gasteiger partial charge in [-0.2, -0.15) is 0 Å². The Kier molecular flexibility index (Phi) is 11.7. The van der Waals surface area contributed by atoms with Gasteiger partial charge in [-0.15, -0.1) is 13.2 Å². The second-order valence-electron chi connectivity index (χ2n) is 8.61. The van der Waals surface area contributed by atoms with Gasteiger partial charge < -0.3 is 15.4 Å². The van der Waals surface area contributed by atoms with Crippen LogP contribution < -0.4 is 10.6 Å². The van der Waals surface area contributed by atoms with Crippen LogP contribution in [-0.2, 0) is 22.6 Å². The van der Waals surface area contributed by atoms with E-state index in [2.05, 4.69) is 31.9 Å². The molecule has 0 aliphatic carbocycles. The van der Waals surface area contributed by atoms with Gasteiger partial charge in [-0.25, -0.2) is 8.78 Å². The first-order chi connectivity index (χ1) is 16.2. The minimum absolute atomic E-state index is 0.208. The van der Waals surface area contributed by atoms with Crippen molar-refractivity contribution >= 4 is 17.2 Å². The van der Waals surface area contributed by atoms with Gasteiger partial charge in [0.1, 0.15) is 17.2 Å². The van der Waals surface area contributed by atoms with Gasteiger partial charge in [0.2, 0.25) is 0 Å². The summed E-state index contributed by atoms with van der Waals surface area (Å²) < 4.78 is 33.5. The van der Waals surface area contributed by atoms with E-state index in [4.69, 9.17) is 4.74 Å². The fourth-order valence-corrected chi connectivity index (χ4v) is 3.72. The number of carbonyl (C=O) groups excluding carboxylic acids is 1. The Bertz CT molecular complexity index is 933. The SMILES string of the molecule is C=C.CC/C=C(\CCC(=O)OC(C)(C)C)c1ccc(N2Cc3c(F)ccc(F)c3C2)cc1.CN. The average molecular weight is 473 g/mol. The van der Waals surface area contributed by atoms with Crippen molar-refractivity contribution in [1.29, 1.82) is 0 Å². The molecule has 34 heavy (non-hydrogen) atoms. The molecule has 1 aliphatic rings. The van der Waals surface area contributed by atoms with E-state index in [0.29, 0.717) is 37.1 Å². The zero-order valence-electron chi connectivity index (χ0n) is 21.1. The highest BCUT2D eigenvalue weighted by Gasteiger charge is 2.25. The molecule has 1 aliphatic heterocycles. The van der Waals surface area contributed by atoms with E-state index in [1.165, 1.54) is 19.2 Å². The maximum atomic E-state index is 14.0. The Morgan fingerprint density at radius 3 is 1.94 bits per heavy atom. The van der Waals surface area contributed by atoms with E-state index in [1.54, 1.807) is 0 Å². The maximum Gasteiger partial charge on any atom is 0.306 e. The number of hydrogen-bond acceptors (Lipinski definition) is 4. The predicted molar refractivity (Wildman–Crippen MR) is 137 cm³/mol. The lowest BCUT2D eigenvalue weighted by atomic mass is 9.99. The number of anilines is 1. The quantitative estimate of drug-likeness (QED) is 0.372. The maximum absolute atomic E-state index is 14.0. The number of hydrogen-bond donors (Lipinski definition) is 1. The number of carbonyl (C=O) groups is 1. The number of nitrogens with zero attached hydrogens (tertiary/aromatic N) is 1. The third-order valence-corrected chi connectivity index (χ3v) is 5.09. The van der Waals surface area contributed by atoms with Gasteiger partial charge in [0, 0.05) is 36.3 Å². The molecule has 0 spiro atoms.